The topological polar surface area (TPSA) is 91.2 Å². The maximum Gasteiger partial charge on any atom is 0.436 e. The Morgan fingerprint density at radius 3 is 2.59 bits per heavy atom. The first kappa shape index (κ1) is 30.7. The summed E-state index contributed by atoms with van der Waals surface area (Å²) in [5, 5.41) is 18.1. The van der Waals surface area contributed by atoms with Crippen LogP contribution in [0.25, 0.3) is 0 Å². The third-order valence-electron chi connectivity index (χ3n) is 12.1. The quantitative estimate of drug-likeness (QED) is 0.190. The van der Waals surface area contributed by atoms with E-state index in [9.17, 15) is 14.7 Å². The van der Waals surface area contributed by atoms with Crippen molar-refractivity contribution in [3.05, 3.63) is 11.6 Å². The van der Waals surface area contributed by atoms with Gasteiger partial charge in [-0.3, -0.25) is 9.63 Å². The highest BCUT2D eigenvalue weighted by Crippen LogP contribution is 2.66. The van der Waals surface area contributed by atoms with E-state index in [1.54, 1.807) is 4.90 Å². The van der Waals surface area contributed by atoms with E-state index in [1.807, 2.05) is 6.08 Å². The number of nitrogens with one attached hydrogen (secondary N) is 1. The number of rotatable bonds is 8. The average Bonchev–Trinajstić information content (AvgIpc) is 3.49. The van der Waals surface area contributed by atoms with Crippen molar-refractivity contribution in [3.8, 4) is 0 Å². The molecule has 8 atom stereocenters. The molecule has 1 heterocycles. The van der Waals surface area contributed by atoms with Crippen LogP contribution in [0.5, 0.6) is 0 Å². The van der Waals surface area contributed by atoms with Gasteiger partial charge in [-0.2, -0.15) is 0 Å². The van der Waals surface area contributed by atoms with Gasteiger partial charge < -0.3 is 19.8 Å². The highest BCUT2D eigenvalue weighted by atomic mass is 16.7. The largest absolute Gasteiger partial charge is 0.436 e. The number of ketones is 1. The van der Waals surface area contributed by atoms with Crippen molar-refractivity contribution in [3.63, 3.8) is 0 Å². The van der Waals surface area contributed by atoms with Gasteiger partial charge in [0.15, 0.2) is 5.78 Å². The van der Waals surface area contributed by atoms with E-state index in [4.69, 9.17) is 4.84 Å². The van der Waals surface area contributed by atoms with Crippen LogP contribution in [0.2, 0.25) is 0 Å². The van der Waals surface area contributed by atoms with E-state index >= 15 is 0 Å². The van der Waals surface area contributed by atoms with Crippen LogP contribution in [0, 0.1) is 34.5 Å². The molecule has 1 saturated heterocycles. The average molecular weight is 572 g/mol. The molecule has 8 nitrogen and oxygen atoms in total. The minimum atomic E-state index is -0.389. The minimum absolute atomic E-state index is 0.0212. The fourth-order valence-electron chi connectivity index (χ4n) is 9.54. The predicted octanol–water partition coefficient (Wildman–Crippen LogP) is 4.77. The van der Waals surface area contributed by atoms with Gasteiger partial charge in [0, 0.05) is 24.9 Å². The highest BCUT2D eigenvalue weighted by molar-refractivity contribution is 5.91. The lowest BCUT2D eigenvalue weighted by atomic mass is 9.46. The molecule has 1 aliphatic heterocycles. The second-order valence-electron chi connectivity index (χ2n) is 15.4. The first-order chi connectivity index (χ1) is 19.3. The van der Waals surface area contributed by atoms with E-state index in [-0.39, 0.29) is 29.1 Å². The number of quaternary nitrogens is 1. The summed E-state index contributed by atoms with van der Waals surface area (Å²) in [6.45, 7) is 9.73. The third-order valence-corrected chi connectivity index (χ3v) is 12.1. The standard InChI is InChI=1S/C33H55N4O4/c1-22(35-41-31(40)36(19-20-37(4,5)6)18-14-29-30(39)13-17-34-29)26-9-10-27-25-8-7-23-21-24(38)11-15-32(23,2)28(25)12-16-33(26,27)3/h21,25-30,34,39H,7-20H2,1-6H3/q+1/b35-22+/t25-,26+,27-,28-,29?,30?,32-,33+/m0/s1. The summed E-state index contributed by atoms with van der Waals surface area (Å²) in [6, 6.07) is 0.0212. The second-order valence-corrected chi connectivity index (χ2v) is 15.4. The summed E-state index contributed by atoms with van der Waals surface area (Å²) in [6.07, 6.45) is 11.4. The van der Waals surface area contributed by atoms with Crippen LogP contribution in [0.4, 0.5) is 4.79 Å². The van der Waals surface area contributed by atoms with Crippen molar-refractivity contribution >= 4 is 17.6 Å². The fraction of sp³-hybridized carbons (Fsp3) is 0.848. The zero-order valence-corrected chi connectivity index (χ0v) is 26.5. The summed E-state index contributed by atoms with van der Waals surface area (Å²) in [4.78, 5) is 32.9. The van der Waals surface area contributed by atoms with E-state index in [0.29, 0.717) is 55.4 Å². The molecule has 230 valence electrons. The summed E-state index contributed by atoms with van der Waals surface area (Å²) in [7, 11) is 6.37. The van der Waals surface area contributed by atoms with Crippen molar-refractivity contribution in [2.75, 3.05) is 47.3 Å². The van der Waals surface area contributed by atoms with Gasteiger partial charge in [0.1, 0.15) is 0 Å². The van der Waals surface area contributed by atoms with Gasteiger partial charge in [-0.05, 0) is 106 Å². The van der Waals surface area contributed by atoms with Crippen molar-refractivity contribution in [2.24, 2.45) is 39.7 Å². The third kappa shape index (κ3) is 6.16. The first-order valence-corrected chi connectivity index (χ1v) is 16.3. The number of fused-ring (bicyclic) bond motifs is 5. The molecule has 4 aliphatic carbocycles. The maximum atomic E-state index is 13.3. The molecular formula is C33H55N4O4+. The Morgan fingerprint density at radius 2 is 1.88 bits per heavy atom. The van der Waals surface area contributed by atoms with Gasteiger partial charge in [0.2, 0.25) is 0 Å². The normalized spacial score (nSPS) is 39.0. The van der Waals surface area contributed by atoms with Crippen LogP contribution < -0.4 is 5.32 Å². The first-order valence-electron chi connectivity index (χ1n) is 16.3. The minimum Gasteiger partial charge on any atom is -0.391 e. The van der Waals surface area contributed by atoms with Crippen LogP contribution in [-0.2, 0) is 9.63 Å². The Morgan fingerprint density at radius 1 is 1.10 bits per heavy atom. The van der Waals surface area contributed by atoms with Crippen molar-refractivity contribution < 1.29 is 24.0 Å². The van der Waals surface area contributed by atoms with Crippen molar-refractivity contribution in [1.82, 2.24) is 10.2 Å². The molecule has 0 aromatic carbocycles. The number of nitrogens with zero attached hydrogens (tertiary/aromatic N) is 3. The molecule has 0 bridgehead atoms. The summed E-state index contributed by atoms with van der Waals surface area (Å²) >= 11 is 0. The summed E-state index contributed by atoms with van der Waals surface area (Å²) < 4.78 is 0.757. The predicted molar refractivity (Wildman–Crippen MR) is 161 cm³/mol. The van der Waals surface area contributed by atoms with E-state index in [2.05, 4.69) is 52.4 Å². The molecule has 1 amide bonds. The SMILES string of the molecule is C/C(=N\OC(=O)N(CCC1NCCC1O)CC[N+](C)(C)C)[C@H]1CC[C@H]2[C@@H]3CCC4=CC(=O)CC[C@]4(C)[C@H]3CC[C@]12C. The Bertz CT molecular complexity index is 1070. The number of hydrogen-bond acceptors (Lipinski definition) is 6. The molecule has 0 spiro atoms. The van der Waals surface area contributed by atoms with Crippen LogP contribution in [0.3, 0.4) is 0 Å². The van der Waals surface area contributed by atoms with E-state index < -0.39 is 0 Å². The number of likely N-dealkylation sites (N-methyl/N-ethyl adjacent to an activating group) is 1. The van der Waals surface area contributed by atoms with Crippen LogP contribution >= 0.6 is 0 Å². The van der Waals surface area contributed by atoms with Gasteiger partial charge in [-0.25, -0.2) is 4.79 Å². The van der Waals surface area contributed by atoms with Crippen LogP contribution in [-0.4, -0.2) is 91.5 Å². The van der Waals surface area contributed by atoms with Gasteiger partial charge in [-0.1, -0.05) is 24.6 Å². The monoisotopic (exact) mass is 571 g/mol. The lowest BCUT2D eigenvalue weighted by Crippen LogP contribution is -2.51. The molecule has 0 radical (unpaired) electrons. The van der Waals surface area contributed by atoms with Gasteiger partial charge in [0.05, 0.1) is 46.0 Å². The number of hydrogen-bond donors (Lipinski definition) is 2. The smallest absolute Gasteiger partial charge is 0.391 e. The molecule has 3 saturated carbocycles. The molecule has 5 aliphatic rings. The molecule has 2 unspecified atom stereocenters. The molecule has 5 rings (SSSR count). The molecule has 0 aromatic heterocycles. The Balaban J connectivity index is 1.24. The molecule has 0 aromatic rings. The number of amides is 1. The lowest BCUT2D eigenvalue weighted by Gasteiger charge is -2.58. The van der Waals surface area contributed by atoms with Crippen molar-refractivity contribution in [1.29, 1.82) is 0 Å². The number of oxime groups is 1. The number of aliphatic hydroxyl groups is 1. The molecular weight excluding hydrogens is 516 g/mol. The summed E-state index contributed by atoms with van der Waals surface area (Å²) in [5.41, 5.74) is 2.74. The Hall–Kier alpha value is -1.77. The lowest BCUT2D eigenvalue weighted by molar-refractivity contribution is -0.869. The Kier molecular flexibility index (Phi) is 8.77. The number of carbonyl (C=O) groups is 2. The zero-order chi connectivity index (χ0) is 29.6. The maximum absolute atomic E-state index is 13.3. The number of aliphatic hydroxyl groups excluding tert-OH is 1. The zero-order valence-electron chi connectivity index (χ0n) is 26.5. The van der Waals surface area contributed by atoms with Gasteiger partial charge in [0.25, 0.3) is 0 Å². The molecule has 41 heavy (non-hydrogen) atoms. The molecule has 4 fully saturated rings. The van der Waals surface area contributed by atoms with Gasteiger partial charge >= 0.3 is 6.09 Å². The van der Waals surface area contributed by atoms with E-state index in [0.717, 1.165) is 49.0 Å². The van der Waals surface area contributed by atoms with Crippen LogP contribution in [0.1, 0.15) is 85.0 Å². The molecule has 2 N–H and O–H groups in total. The number of carbonyl (C=O) groups excluding carboxylic acids is 2. The molecule has 8 heteroatoms. The van der Waals surface area contributed by atoms with Crippen LogP contribution in [0.15, 0.2) is 16.8 Å². The summed E-state index contributed by atoms with van der Waals surface area (Å²) in [5.74, 6) is 2.69. The highest BCUT2D eigenvalue weighted by Gasteiger charge is 2.59. The van der Waals surface area contributed by atoms with Crippen molar-refractivity contribution in [2.45, 2.75) is 97.1 Å². The fourth-order valence-corrected chi connectivity index (χ4v) is 9.54. The second kappa shape index (κ2) is 11.7. The van der Waals surface area contributed by atoms with Gasteiger partial charge in [-0.15, -0.1) is 0 Å². The Labute approximate surface area is 247 Å². The van der Waals surface area contributed by atoms with E-state index in [1.165, 1.54) is 31.3 Å². The number of allylic oxidation sites excluding steroid dienone is 1.